The van der Waals surface area contributed by atoms with Crippen LogP contribution in [0.4, 0.5) is 14.5 Å². The maximum absolute atomic E-state index is 13.3. The van der Waals surface area contributed by atoms with Gasteiger partial charge in [0.05, 0.1) is 18.8 Å². The maximum Gasteiger partial charge on any atom is 0.292 e. The second-order valence-corrected chi connectivity index (χ2v) is 4.59. The van der Waals surface area contributed by atoms with Crippen LogP contribution in [0.25, 0.3) is 5.65 Å². The molecule has 0 radical (unpaired) electrons. The van der Waals surface area contributed by atoms with Gasteiger partial charge in [0.1, 0.15) is 6.10 Å². The third-order valence-corrected chi connectivity index (χ3v) is 3.12. The largest absolute Gasteiger partial charge is 0.385 e. The molecule has 18 heavy (non-hydrogen) atoms. The molecule has 1 aliphatic rings. The molecule has 0 bridgehead atoms. The Kier molecular flexibility index (Phi) is 2.43. The van der Waals surface area contributed by atoms with Gasteiger partial charge in [0.15, 0.2) is 10.8 Å². The maximum atomic E-state index is 13.3. The Labute approximate surface area is 106 Å². The van der Waals surface area contributed by atoms with Gasteiger partial charge in [-0.2, -0.15) is 5.10 Å². The standard InChI is InChI=1S/C10H9ClF2N4O/c11-8-3-6(9-14-1-2-17(9)15-8)16-4-7(18)10(12,13)5-16/h1-3,7,18H,4-5H2/t7-/m0/s1. The van der Waals surface area contributed by atoms with Gasteiger partial charge in [-0.15, -0.1) is 0 Å². The highest BCUT2D eigenvalue weighted by Gasteiger charge is 2.47. The van der Waals surface area contributed by atoms with Crippen LogP contribution in [0.5, 0.6) is 0 Å². The molecule has 0 spiro atoms. The molecule has 1 fully saturated rings. The minimum absolute atomic E-state index is 0.157. The van der Waals surface area contributed by atoms with Gasteiger partial charge in [0.2, 0.25) is 0 Å². The van der Waals surface area contributed by atoms with E-state index in [9.17, 15) is 13.9 Å². The highest BCUT2D eigenvalue weighted by Crippen LogP contribution is 2.33. The third-order valence-electron chi connectivity index (χ3n) is 2.93. The smallest absolute Gasteiger partial charge is 0.292 e. The number of aliphatic hydroxyl groups excluding tert-OH is 1. The molecule has 0 saturated carbocycles. The van der Waals surface area contributed by atoms with Crippen LogP contribution in [0.1, 0.15) is 0 Å². The number of hydrogen-bond acceptors (Lipinski definition) is 4. The van der Waals surface area contributed by atoms with Gasteiger partial charge >= 0.3 is 0 Å². The average molecular weight is 275 g/mol. The van der Waals surface area contributed by atoms with Crippen LogP contribution < -0.4 is 4.90 Å². The summed E-state index contributed by atoms with van der Waals surface area (Å²) in [5.41, 5.74) is 0.875. The van der Waals surface area contributed by atoms with Crippen LogP contribution in [0.2, 0.25) is 5.15 Å². The number of halogens is 3. The summed E-state index contributed by atoms with van der Waals surface area (Å²) in [6.45, 7) is -0.715. The molecule has 2 aromatic heterocycles. The summed E-state index contributed by atoms with van der Waals surface area (Å²) in [6, 6.07) is 1.47. The summed E-state index contributed by atoms with van der Waals surface area (Å²) < 4.78 is 28.1. The Morgan fingerprint density at radius 3 is 2.94 bits per heavy atom. The van der Waals surface area contributed by atoms with Gasteiger partial charge in [0, 0.05) is 18.5 Å². The Balaban J connectivity index is 2.07. The highest BCUT2D eigenvalue weighted by molar-refractivity contribution is 6.29. The van der Waals surface area contributed by atoms with Crippen LogP contribution in [0.15, 0.2) is 18.5 Å². The summed E-state index contributed by atoms with van der Waals surface area (Å²) in [7, 11) is 0. The van der Waals surface area contributed by atoms with Gasteiger partial charge in [-0.1, -0.05) is 11.6 Å². The summed E-state index contributed by atoms with van der Waals surface area (Å²) in [5.74, 6) is -3.13. The van der Waals surface area contributed by atoms with Crippen molar-refractivity contribution in [2.24, 2.45) is 0 Å². The van der Waals surface area contributed by atoms with Crippen molar-refractivity contribution in [3.8, 4) is 0 Å². The molecular formula is C10H9ClF2N4O. The average Bonchev–Trinajstić information content (AvgIpc) is 2.83. The first-order valence-corrected chi connectivity index (χ1v) is 5.66. The Morgan fingerprint density at radius 2 is 2.28 bits per heavy atom. The predicted molar refractivity (Wildman–Crippen MR) is 61.2 cm³/mol. The third kappa shape index (κ3) is 1.70. The van der Waals surface area contributed by atoms with Crippen LogP contribution in [0.3, 0.4) is 0 Å². The number of nitrogens with zero attached hydrogens (tertiary/aromatic N) is 4. The molecular weight excluding hydrogens is 266 g/mol. The lowest BCUT2D eigenvalue weighted by Gasteiger charge is -2.18. The zero-order chi connectivity index (χ0) is 12.9. The molecule has 0 aliphatic carbocycles. The molecule has 1 atom stereocenters. The van der Waals surface area contributed by atoms with Crippen molar-refractivity contribution >= 4 is 22.9 Å². The van der Waals surface area contributed by atoms with E-state index in [-0.39, 0.29) is 11.7 Å². The van der Waals surface area contributed by atoms with Crippen LogP contribution in [-0.2, 0) is 0 Å². The number of β-amino-alcohol motifs (C(OH)–C–C–N with tert-alkyl or cyclic N) is 1. The summed E-state index contributed by atoms with van der Waals surface area (Å²) in [5, 5.41) is 13.5. The number of hydrogen-bond donors (Lipinski definition) is 1. The van der Waals surface area contributed by atoms with Crippen molar-refractivity contribution in [2.45, 2.75) is 12.0 Å². The lowest BCUT2D eigenvalue weighted by molar-refractivity contribution is -0.0712. The van der Waals surface area contributed by atoms with Gasteiger partial charge in [0.25, 0.3) is 5.92 Å². The normalized spacial score (nSPS) is 22.9. The van der Waals surface area contributed by atoms with E-state index in [2.05, 4.69) is 10.1 Å². The second kappa shape index (κ2) is 3.76. The molecule has 2 aromatic rings. The fourth-order valence-electron chi connectivity index (χ4n) is 2.05. The molecule has 3 heterocycles. The monoisotopic (exact) mass is 274 g/mol. The SMILES string of the molecule is O[C@H]1CN(c2cc(Cl)nn3ccnc23)CC1(F)F. The van der Waals surface area contributed by atoms with Gasteiger partial charge in [-0.05, 0) is 0 Å². The number of fused-ring (bicyclic) bond motifs is 1. The fourth-order valence-corrected chi connectivity index (χ4v) is 2.24. The molecule has 0 aromatic carbocycles. The van der Waals surface area contributed by atoms with E-state index in [1.54, 1.807) is 6.20 Å². The Hall–Kier alpha value is -1.47. The number of alkyl halides is 2. The molecule has 1 N–H and O–H groups in total. The Bertz CT molecular complexity index is 603. The number of rotatable bonds is 1. The highest BCUT2D eigenvalue weighted by atomic mass is 35.5. The molecule has 8 heteroatoms. The van der Waals surface area contributed by atoms with E-state index in [1.807, 2.05) is 0 Å². The molecule has 1 saturated heterocycles. The molecule has 1 aliphatic heterocycles. The van der Waals surface area contributed by atoms with E-state index >= 15 is 0 Å². The van der Waals surface area contributed by atoms with Gasteiger partial charge in [-0.3, -0.25) is 0 Å². The van der Waals surface area contributed by atoms with Crippen LogP contribution in [0, 0.1) is 0 Å². The van der Waals surface area contributed by atoms with Crippen molar-refractivity contribution in [3.63, 3.8) is 0 Å². The van der Waals surface area contributed by atoms with Crippen molar-refractivity contribution in [1.82, 2.24) is 14.6 Å². The van der Waals surface area contributed by atoms with E-state index in [0.29, 0.717) is 11.3 Å². The lowest BCUT2D eigenvalue weighted by Crippen LogP contribution is -2.31. The number of aliphatic hydroxyl groups is 1. The van der Waals surface area contributed by atoms with Crippen LogP contribution in [-0.4, -0.2) is 44.8 Å². The topological polar surface area (TPSA) is 53.7 Å². The van der Waals surface area contributed by atoms with Crippen molar-refractivity contribution < 1.29 is 13.9 Å². The van der Waals surface area contributed by atoms with Crippen LogP contribution >= 0.6 is 11.6 Å². The molecule has 5 nitrogen and oxygen atoms in total. The zero-order valence-corrected chi connectivity index (χ0v) is 9.85. The van der Waals surface area contributed by atoms with Crippen molar-refractivity contribution in [3.05, 3.63) is 23.6 Å². The first kappa shape index (κ1) is 11.6. The molecule has 96 valence electrons. The first-order valence-electron chi connectivity index (χ1n) is 5.28. The number of aromatic nitrogens is 3. The van der Waals surface area contributed by atoms with E-state index in [1.165, 1.54) is 21.7 Å². The summed E-state index contributed by atoms with van der Waals surface area (Å²) >= 11 is 5.83. The van der Waals surface area contributed by atoms with E-state index < -0.39 is 18.6 Å². The van der Waals surface area contributed by atoms with Gasteiger partial charge < -0.3 is 10.0 Å². The number of imidazole rings is 1. The lowest BCUT2D eigenvalue weighted by atomic mass is 10.2. The van der Waals surface area contributed by atoms with Crippen molar-refractivity contribution in [1.29, 1.82) is 0 Å². The second-order valence-electron chi connectivity index (χ2n) is 4.21. The predicted octanol–water partition coefficient (Wildman–Crippen LogP) is 1.20. The summed E-state index contributed by atoms with van der Waals surface area (Å²) in [4.78, 5) is 5.41. The minimum Gasteiger partial charge on any atom is -0.385 e. The minimum atomic E-state index is -3.13. The fraction of sp³-hybridized carbons (Fsp3) is 0.400. The molecule has 3 rings (SSSR count). The van der Waals surface area contributed by atoms with E-state index in [4.69, 9.17) is 11.6 Å². The van der Waals surface area contributed by atoms with Crippen molar-refractivity contribution in [2.75, 3.05) is 18.0 Å². The molecule has 0 unspecified atom stereocenters. The Morgan fingerprint density at radius 1 is 1.50 bits per heavy atom. The quantitative estimate of drug-likeness (QED) is 0.849. The summed E-state index contributed by atoms with van der Waals surface area (Å²) in [6.07, 6.45) is 1.40. The van der Waals surface area contributed by atoms with E-state index in [0.717, 1.165) is 0 Å². The first-order chi connectivity index (χ1) is 8.47. The zero-order valence-electron chi connectivity index (χ0n) is 9.09. The van der Waals surface area contributed by atoms with Gasteiger partial charge in [-0.25, -0.2) is 18.3 Å². The number of anilines is 1. The molecule has 0 amide bonds.